The number of rotatable bonds is 2. The molecule has 5 heteroatoms. The van der Waals surface area contributed by atoms with Crippen LogP contribution in [0.1, 0.15) is 20.3 Å². The SMILES string of the molecule is CC1CC(C)CN(c2ccc(N=[N+]=[N-])cc2Cl)C1. The summed E-state index contributed by atoms with van der Waals surface area (Å²) in [6, 6.07) is 5.47. The predicted octanol–water partition coefficient (Wildman–Crippen LogP) is 4.76. The Morgan fingerprint density at radius 1 is 1.33 bits per heavy atom. The van der Waals surface area contributed by atoms with Gasteiger partial charge in [-0.1, -0.05) is 36.6 Å². The van der Waals surface area contributed by atoms with Crippen LogP contribution in [0.3, 0.4) is 0 Å². The van der Waals surface area contributed by atoms with E-state index in [1.54, 1.807) is 6.07 Å². The molecular weight excluding hydrogens is 248 g/mol. The van der Waals surface area contributed by atoms with Crippen LogP contribution >= 0.6 is 11.6 Å². The Labute approximate surface area is 112 Å². The summed E-state index contributed by atoms with van der Waals surface area (Å²) in [5.41, 5.74) is 10.00. The molecule has 4 nitrogen and oxygen atoms in total. The highest BCUT2D eigenvalue weighted by Gasteiger charge is 2.23. The second kappa shape index (κ2) is 5.51. The van der Waals surface area contributed by atoms with Gasteiger partial charge in [0.15, 0.2) is 0 Å². The molecule has 2 atom stereocenters. The van der Waals surface area contributed by atoms with Crippen molar-refractivity contribution in [3.8, 4) is 0 Å². The first-order valence-electron chi connectivity index (χ1n) is 6.19. The van der Waals surface area contributed by atoms with Gasteiger partial charge in [0.25, 0.3) is 0 Å². The van der Waals surface area contributed by atoms with E-state index in [-0.39, 0.29) is 0 Å². The van der Waals surface area contributed by atoms with Crippen molar-refractivity contribution in [1.29, 1.82) is 0 Å². The van der Waals surface area contributed by atoms with Gasteiger partial charge in [-0.3, -0.25) is 0 Å². The quantitative estimate of drug-likeness (QED) is 0.431. The predicted molar refractivity (Wildman–Crippen MR) is 75.4 cm³/mol. The van der Waals surface area contributed by atoms with Gasteiger partial charge < -0.3 is 4.90 Å². The van der Waals surface area contributed by atoms with E-state index in [4.69, 9.17) is 17.1 Å². The Morgan fingerprint density at radius 2 is 2.00 bits per heavy atom. The maximum absolute atomic E-state index is 8.40. The number of piperidine rings is 1. The molecule has 2 rings (SSSR count). The van der Waals surface area contributed by atoms with Crippen LogP contribution in [0.5, 0.6) is 0 Å². The topological polar surface area (TPSA) is 52.0 Å². The molecule has 0 amide bonds. The van der Waals surface area contributed by atoms with Crippen molar-refractivity contribution >= 4 is 23.0 Å². The van der Waals surface area contributed by atoms with Crippen molar-refractivity contribution in [1.82, 2.24) is 0 Å². The number of anilines is 1. The van der Waals surface area contributed by atoms with E-state index in [1.165, 1.54) is 6.42 Å². The van der Waals surface area contributed by atoms with Gasteiger partial charge in [-0.15, -0.1) is 0 Å². The zero-order chi connectivity index (χ0) is 13.1. The number of hydrogen-bond donors (Lipinski definition) is 0. The second-order valence-corrected chi connectivity index (χ2v) is 5.58. The van der Waals surface area contributed by atoms with Crippen molar-refractivity contribution in [2.24, 2.45) is 17.0 Å². The Bertz CT molecular complexity index is 472. The van der Waals surface area contributed by atoms with Crippen molar-refractivity contribution in [2.45, 2.75) is 20.3 Å². The van der Waals surface area contributed by atoms with Gasteiger partial charge in [0.1, 0.15) is 0 Å². The summed E-state index contributed by atoms with van der Waals surface area (Å²) < 4.78 is 0. The molecule has 0 spiro atoms. The fourth-order valence-corrected chi connectivity index (χ4v) is 3.02. The number of benzene rings is 1. The van der Waals surface area contributed by atoms with E-state index in [2.05, 4.69) is 28.8 Å². The van der Waals surface area contributed by atoms with Crippen molar-refractivity contribution in [2.75, 3.05) is 18.0 Å². The third-order valence-corrected chi connectivity index (χ3v) is 3.60. The molecule has 96 valence electrons. The fourth-order valence-electron chi connectivity index (χ4n) is 2.73. The van der Waals surface area contributed by atoms with Gasteiger partial charge >= 0.3 is 0 Å². The van der Waals surface area contributed by atoms with Crippen LogP contribution in [0.4, 0.5) is 11.4 Å². The molecule has 1 aliphatic rings. The molecule has 1 aliphatic heterocycles. The van der Waals surface area contributed by atoms with E-state index in [0.717, 1.165) is 18.8 Å². The molecule has 1 aromatic rings. The van der Waals surface area contributed by atoms with Crippen molar-refractivity contribution in [3.05, 3.63) is 33.7 Å². The summed E-state index contributed by atoms with van der Waals surface area (Å²) in [6.07, 6.45) is 1.27. The summed E-state index contributed by atoms with van der Waals surface area (Å²) in [5, 5.41) is 4.22. The standard InChI is InChI=1S/C13H17ClN4/c1-9-5-10(2)8-18(7-9)13-4-3-11(16-17-15)6-12(13)14/h3-4,6,9-10H,5,7-8H2,1-2H3. The first-order chi connectivity index (χ1) is 8.60. The highest BCUT2D eigenvalue weighted by atomic mass is 35.5. The van der Waals surface area contributed by atoms with Crippen LogP contribution in [0.25, 0.3) is 10.4 Å². The van der Waals surface area contributed by atoms with Crippen LogP contribution in [-0.2, 0) is 0 Å². The highest BCUT2D eigenvalue weighted by Crippen LogP contribution is 2.33. The zero-order valence-electron chi connectivity index (χ0n) is 10.7. The van der Waals surface area contributed by atoms with Gasteiger partial charge in [-0.2, -0.15) is 0 Å². The van der Waals surface area contributed by atoms with Gasteiger partial charge in [0.05, 0.1) is 10.7 Å². The van der Waals surface area contributed by atoms with Gasteiger partial charge in [-0.05, 0) is 35.9 Å². The molecule has 0 N–H and O–H groups in total. The number of nitrogens with zero attached hydrogens (tertiary/aromatic N) is 4. The van der Waals surface area contributed by atoms with Crippen LogP contribution in [0.15, 0.2) is 23.3 Å². The maximum Gasteiger partial charge on any atom is 0.0644 e. The molecule has 0 bridgehead atoms. The smallest absolute Gasteiger partial charge is 0.0644 e. The Kier molecular flexibility index (Phi) is 4.00. The molecule has 1 heterocycles. The van der Waals surface area contributed by atoms with Crippen LogP contribution < -0.4 is 4.90 Å². The van der Waals surface area contributed by atoms with Crippen LogP contribution in [0.2, 0.25) is 5.02 Å². The average Bonchev–Trinajstić information content (AvgIpc) is 2.28. The largest absolute Gasteiger partial charge is 0.370 e. The zero-order valence-corrected chi connectivity index (χ0v) is 11.4. The molecular formula is C13H17ClN4. The highest BCUT2D eigenvalue weighted by molar-refractivity contribution is 6.33. The molecule has 0 saturated carbocycles. The lowest BCUT2D eigenvalue weighted by atomic mass is 9.91. The normalized spacial score (nSPS) is 23.6. The van der Waals surface area contributed by atoms with E-state index < -0.39 is 0 Å². The van der Waals surface area contributed by atoms with Gasteiger partial charge in [-0.25, -0.2) is 0 Å². The van der Waals surface area contributed by atoms with E-state index in [0.29, 0.717) is 22.5 Å². The minimum atomic E-state index is 0.560. The molecule has 0 aliphatic carbocycles. The Hall–Kier alpha value is -1.38. The molecule has 1 fully saturated rings. The van der Waals surface area contributed by atoms with Crippen LogP contribution in [0, 0.1) is 11.8 Å². The third kappa shape index (κ3) is 2.89. The molecule has 1 saturated heterocycles. The minimum Gasteiger partial charge on any atom is -0.370 e. The first-order valence-corrected chi connectivity index (χ1v) is 6.57. The van der Waals surface area contributed by atoms with Gasteiger partial charge in [0.2, 0.25) is 0 Å². The Morgan fingerprint density at radius 3 is 2.56 bits per heavy atom. The molecule has 2 unspecified atom stereocenters. The minimum absolute atomic E-state index is 0.560. The maximum atomic E-state index is 8.40. The third-order valence-electron chi connectivity index (χ3n) is 3.30. The summed E-state index contributed by atoms with van der Waals surface area (Å²) >= 11 is 6.27. The van der Waals surface area contributed by atoms with Gasteiger partial charge in [0, 0.05) is 23.7 Å². The fraction of sp³-hybridized carbons (Fsp3) is 0.538. The lowest BCUT2D eigenvalue weighted by Crippen LogP contribution is -2.38. The number of hydrogen-bond acceptors (Lipinski definition) is 2. The average molecular weight is 265 g/mol. The van der Waals surface area contributed by atoms with E-state index >= 15 is 0 Å². The number of halogens is 1. The second-order valence-electron chi connectivity index (χ2n) is 5.18. The summed E-state index contributed by atoms with van der Waals surface area (Å²) in [5.74, 6) is 1.36. The molecule has 0 aromatic heterocycles. The lowest BCUT2D eigenvalue weighted by molar-refractivity contribution is 0.357. The monoisotopic (exact) mass is 264 g/mol. The number of azide groups is 1. The lowest BCUT2D eigenvalue weighted by Gasteiger charge is -2.37. The van der Waals surface area contributed by atoms with E-state index in [1.807, 2.05) is 12.1 Å². The summed E-state index contributed by atoms with van der Waals surface area (Å²) in [6.45, 7) is 6.60. The van der Waals surface area contributed by atoms with E-state index in [9.17, 15) is 0 Å². The van der Waals surface area contributed by atoms with Crippen LogP contribution in [-0.4, -0.2) is 13.1 Å². The molecule has 0 radical (unpaired) electrons. The van der Waals surface area contributed by atoms with Crippen molar-refractivity contribution < 1.29 is 0 Å². The molecule has 18 heavy (non-hydrogen) atoms. The summed E-state index contributed by atoms with van der Waals surface area (Å²) in [7, 11) is 0. The first kappa shape index (κ1) is 13.1. The summed E-state index contributed by atoms with van der Waals surface area (Å²) in [4.78, 5) is 5.09. The molecule has 1 aromatic carbocycles. The van der Waals surface area contributed by atoms with Crippen molar-refractivity contribution in [3.63, 3.8) is 0 Å². The Balaban J connectivity index is 2.25.